The third-order valence-electron chi connectivity index (χ3n) is 8.25. The van der Waals surface area contributed by atoms with Crippen LogP contribution in [0.4, 0.5) is 5.69 Å². The lowest BCUT2D eigenvalue weighted by atomic mass is 9.78. The predicted molar refractivity (Wildman–Crippen MR) is 137 cm³/mol. The number of hydrogen-bond acceptors (Lipinski definition) is 4. The number of carbonyl (C=O) groups excluding carboxylic acids is 1. The largest absolute Gasteiger partial charge is 0.376 e. The van der Waals surface area contributed by atoms with Crippen LogP contribution in [0, 0.1) is 11.8 Å². The first-order valence-corrected chi connectivity index (χ1v) is 15.6. The molecule has 4 rings (SSSR count). The van der Waals surface area contributed by atoms with Crippen molar-refractivity contribution in [2.24, 2.45) is 17.6 Å². The lowest BCUT2D eigenvalue weighted by Crippen LogP contribution is -2.52. The second kappa shape index (κ2) is 9.67. The van der Waals surface area contributed by atoms with Crippen LogP contribution in [-0.4, -0.2) is 65.6 Å². The molecular formula is C26H43N3O3S. The summed E-state index contributed by atoms with van der Waals surface area (Å²) in [5.41, 5.74) is 8.55. The predicted octanol–water partition coefficient (Wildman–Crippen LogP) is 3.55. The maximum Gasteiger partial charge on any atom is 0.239 e. The molecule has 3 aliphatic rings. The van der Waals surface area contributed by atoms with Crippen molar-refractivity contribution in [3.8, 4) is 0 Å². The number of rotatable bonds is 8. The van der Waals surface area contributed by atoms with E-state index in [0.717, 1.165) is 75.1 Å². The van der Waals surface area contributed by atoms with Crippen molar-refractivity contribution < 1.29 is 13.7 Å². The number of carbonyl (C=O) groups is 1. The van der Waals surface area contributed by atoms with Crippen LogP contribution < -0.4 is 10.0 Å². The minimum atomic E-state index is -2.73. The monoisotopic (exact) mass is 477 g/mol. The van der Waals surface area contributed by atoms with Gasteiger partial charge < -0.3 is 19.7 Å². The Bertz CT molecular complexity index is 902. The van der Waals surface area contributed by atoms with E-state index in [1.54, 1.807) is 0 Å². The van der Waals surface area contributed by atoms with Crippen molar-refractivity contribution in [3.63, 3.8) is 0 Å². The van der Waals surface area contributed by atoms with Crippen LogP contribution in [0.1, 0.15) is 56.9 Å². The summed E-state index contributed by atoms with van der Waals surface area (Å²) in [4.78, 5) is 14.6. The zero-order valence-corrected chi connectivity index (χ0v) is 21.5. The summed E-state index contributed by atoms with van der Waals surface area (Å²) in [5, 5.41) is 0. The Kier molecular flexibility index (Phi) is 7.23. The topological polar surface area (TPSA) is 75.9 Å². The Morgan fingerprint density at radius 3 is 2.52 bits per heavy atom. The van der Waals surface area contributed by atoms with E-state index in [-0.39, 0.29) is 11.9 Å². The molecule has 2 saturated carbocycles. The molecule has 0 unspecified atom stereocenters. The molecule has 1 heterocycles. The van der Waals surface area contributed by atoms with Crippen molar-refractivity contribution in [2.75, 3.05) is 42.8 Å². The van der Waals surface area contributed by atoms with Crippen LogP contribution in [0.2, 0.25) is 0 Å². The smallest absolute Gasteiger partial charge is 0.239 e. The number of benzene rings is 1. The van der Waals surface area contributed by atoms with Crippen molar-refractivity contribution in [1.29, 1.82) is 0 Å². The van der Waals surface area contributed by atoms with E-state index < -0.39 is 9.25 Å². The van der Waals surface area contributed by atoms with Crippen molar-refractivity contribution in [1.82, 2.24) is 4.90 Å². The van der Waals surface area contributed by atoms with Gasteiger partial charge in [-0.1, -0.05) is 12.1 Å². The molecule has 33 heavy (non-hydrogen) atoms. The van der Waals surface area contributed by atoms with Gasteiger partial charge in [0.15, 0.2) is 0 Å². The average Bonchev–Trinajstić information content (AvgIpc) is 3.06. The second-order valence-electron chi connectivity index (χ2n) is 11.2. The molecule has 186 valence electrons. The molecule has 6 nitrogen and oxygen atoms in total. The number of likely N-dealkylation sites (N-methyl/N-ethyl adjacent to an activating group) is 1. The molecule has 0 bridgehead atoms. The fourth-order valence-corrected chi connectivity index (χ4v) is 8.36. The Hall–Kier alpha value is -1.44. The van der Waals surface area contributed by atoms with E-state index in [9.17, 15) is 9.00 Å². The lowest BCUT2D eigenvalue weighted by Gasteiger charge is -2.41. The summed E-state index contributed by atoms with van der Waals surface area (Å²) in [7, 11) is -0.813. The van der Waals surface area contributed by atoms with E-state index in [4.69, 9.17) is 10.5 Å². The maximum absolute atomic E-state index is 13.3. The number of ether oxygens (including phenoxy) is 1. The van der Waals surface area contributed by atoms with Crippen molar-refractivity contribution in [3.05, 3.63) is 29.8 Å². The van der Waals surface area contributed by atoms with Gasteiger partial charge in [0, 0.05) is 50.2 Å². The summed E-state index contributed by atoms with van der Waals surface area (Å²) in [6.07, 6.45) is 12.4. The fourth-order valence-electron chi connectivity index (χ4n) is 5.72. The quantitative estimate of drug-likeness (QED) is 0.621. The Morgan fingerprint density at radius 1 is 1.18 bits per heavy atom. The second-order valence-corrected chi connectivity index (χ2v) is 16.1. The van der Waals surface area contributed by atoms with Crippen LogP contribution in [-0.2, 0) is 25.4 Å². The molecular weight excluding hydrogens is 434 g/mol. The highest BCUT2D eigenvalue weighted by atomic mass is 32.3. The van der Waals surface area contributed by atoms with Gasteiger partial charge in [0.25, 0.3) is 0 Å². The van der Waals surface area contributed by atoms with Gasteiger partial charge in [-0.15, -0.1) is 0 Å². The molecule has 1 saturated heterocycles. The minimum Gasteiger partial charge on any atom is -0.376 e. The maximum atomic E-state index is 13.3. The number of amides is 1. The van der Waals surface area contributed by atoms with Crippen molar-refractivity contribution in [2.45, 2.75) is 70.1 Å². The van der Waals surface area contributed by atoms with Gasteiger partial charge in [-0.3, -0.25) is 9.00 Å². The average molecular weight is 478 g/mol. The molecule has 7 heteroatoms. The Balaban J connectivity index is 1.22. The molecule has 1 atom stereocenters. The van der Waals surface area contributed by atoms with Gasteiger partial charge in [0.1, 0.15) is 0 Å². The van der Waals surface area contributed by atoms with Crippen LogP contribution >= 0.6 is 0 Å². The van der Waals surface area contributed by atoms with Crippen LogP contribution in [0.3, 0.4) is 0 Å². The molecule has 1 aromatic carbocycles. The highest BCUT2D eigenvalue weighted by molar-refractivity contribution is 8.20. The minimum absolute atomic E-state index is 0.128. The third-order valence-corrected chi connectivity index (χ3v) is 11.5. The fraction of sp³-hybridized carbons (Fsp3) is 0.731. The zero-order chi connectivity index (χ0) is 23.7. The number of hydrogen-bond donors (Lipinski definition) is 1. The van der Waals surface area contributed by atoms with Gasteiger partial charge in [-0.25, -0.2) is 0 Å². The molecule has 1 aromatic rings. The summed E-state index contributed by atoms with van der Waals surface area (Å²) >= 11 is 0. The molecule has 0 aromatic heterocycles. The normalized spacial score (nSPS) is 29.0. The molecule has 0 radical (unpaired) electrons. The Morgan fingerprint density at radius 2 is 1.91 bits per heavy atom. The van der Waals surface area contributed by atoms with E-state index in [0.29, 0.717) is 24.5 Å². The first kappa shape index (κ1) is 24.7. The number of anilines is 1. The summed E-state index contributed by atoms with van der Waals surface area (Å²) in [5.74, 6) is 1.72. The van der Waals surface area contributed by atoms with E-state index in [1.807, 2.05) is 30.5 Å². The molecule has 1 aliphatic heterocycles. The molecule has 3 fully saturated rings. The molecule has 2 aliphatic carbocycles. The van der Waals surface area contributed by atoms with E-state index in [2.05, 4.69) is 22.5 Å². The highest BCUT2D eigenvalue weighted by Crippen LogP contribution is 2.37. The summed E-state index contributed by atoms with van der Waals surface area (Å²) < 4.78 is 21.5. The van der Waals surface area contributed by atoms with Crippen LogP contribution in [0.25, 0.3) is 0 Å². The molecule has 2 N–H and O–H groups in total. The lowest BCUT2D eigenvalue weighted by molar-refractivity contribution is -0.136. The van der Waals surface area contributed by atoms with Crippen LogP contribution in [0.15, 0.2) is 24.3 Å². The first-order chi connectivity index (χ1) is 15.6. The van der Waals surface area contributed by atoms with Crippen molar-refractivity contribution >= 4 is 20.8 Å². The SMILES string of the molecule is CN(C(=O)[C@@H](N)C1CCC(COCc2cccc(N3CCCS3(C)(C)=O)c2)CC1)C1CCC1. The van der Waals surface area contributed by atoms with Gasteiger partial charge in [0.2, 0.25) is 5.91 Å². The van der Waals surface area contributed by atoms with E-state index >= 15 is 0 Å². The highest BCUT2D eigenvalue weighted by Gasteiger charge is 2.38. The van der Waals surface area contributed by atoms with Crippen LogP contribution in [0.5, 0.6) is 0 Å². The van der Waals surface area contributed by atoms with Gasteiger partial charge >= 0.3 is 0 Å². The standard InChI is InChI=1S/C26H43N3O3S/c1-28(23-8-5-9-23)26(30)25(27)22-13-11-20(12-14-22)18-32-19-21-7-4-10-24(17-21)29-15-6-16-33(29,2,3)31/h4,7,10,17,20,22-23,25H,5-6,8-9,11-16,18-19,27H2,1-3H3/t20?,22?,25-/m0/s1. The van der Waals surface area contributed by atoms with E-state index in [1.165, 1.54) is 6.42 Å². The van der Waals surface area contributed by atoms with Gasteiger partial charge in [-0.2, -0.15) is 0 Å². The van der Waals surface area contributed by atoms with Gasteiger partial charge in [0.05, 0.1) is 12.6 Å². The first-order valence-electron chi connectivity index (χ1n) is 12.7. The number of nitrogens with two attached hydrogens (primary N) is 1. The third kappa shape index (κ3) is 5.63. The Labute approximate surface area is 199 Å². The molecule has 0 spiro atoms. The number of nitrogens with zero attached hydrogens (tertiary/aromatic N) is 2. The summed E-state index contributed by atoms with van der Waals surface area (Å²) in [6, 6.07) is 8.36. The zero-order valence-electron chi connectivity index (χ0n) is 20.7. The molecule has 1 amide bonds. The van der Waals surface area contributed by atoms with Gasteiger partial charge in [-0.05, 0) is 90.2 Å². The summed E-state index contributed by atoms with van der Waals surface area (Å²) in [6.45, 7) is 2.17.